The Kier molecular flexibility index (Phi) is 5.26. The van der Waals surface area contributed by atoms with Crippen LogP contribution in [0.3, 0.4) is 0 Å². The number of sulfonamides is 1. The van der Waals surface area contributed by atoms with Gasteiger partial charge in [0.25, 0.3) is 5.91 Å². The molecule has 1 aliphatic heterocycles. The van der Waals surface area contributed by atoms with E-state index < -0.39 is 45.0 Å². The summed E-state index contributed by atoms with van der Waals surface area (Å²) in [5.74, 6) is -5.40. The zero-order valence-corrected chi connectivity index (χ0v) is 16.7. The molecule has 0 aliphatic carbocycles. The van der Waals surface area contributed by atoms with Gasteiger partial charge in [-0.3, -0.25) is 4.79 Å². The van der Waals surface area contributed by atoms with Crippen molar-refractivity contribution >= 4 is 21.6 Å². The first-order valence-electron chi connectivity index (χ1n) is 8.70. The van der Waals surface area contributed by atoms with E-state index in [2.05, 4.69) is 10.0 Å². The summed E-state index contributed by atoms with van der Waals surface area (Å²) in [7, 11) is -2.56. The predicted molar refractivity (Wildman–Crippen MR) is 98.4 cm³/mol. The summed E-state index contributed by atoms with van der Waals surface area (Å²) in [6.45, 7) is 2.95. The number of nitrogens with one attached hydrogen (secondary N) is 2. The van der Waals surface area contributed by atoms with Gasteiger partial charge in [-0.25, -0.2) is 26.3 Å². The third kappa shape index (κ3) is 4.02. The molecule has 0 spiro atoms. The molecule has 1 aromatic heterocycles. The summed E-state index contributed by atoms with van der Waals surface area (Å²) in [5, 5.41) is 12.5. The monoisotopic (exact) mass is 431 g/mol. The molecule has 1 atom stereocenters. The van der Waals surface area contributed by atoms with Crippen LogP contribution in [-0.2, 0) is 23.5 Å². The average Bonchev–Trinajstić information content (AvgIpc) is 2.86. The Morgan fingerprint density at radius 1 is 1.28 bits per heavy atom. The molecule has 1 aromatic carbocycles. The zero-order valence-electron chi connectivity index (χ0n) is 15.9. The van der Waals surface area contributed by atoms with Crippen LogP contribution in [0.4, 0.5) is 18.9 Å². The van der Waals surface area contributed by atoms with Crippen molar-refractivity contribution in [2.24, 2.45) is 7.05 Å². The highest BCUT2D eigenvalue weighted by molar-refractivity contribution is 7.89. The van der Waals surface area contributed by atoms with Crippen molar-refractivity contribution in [3.8, 4) is 0 Å². The third-order valence-electron chi connectivity index (χ3n) is 4.83. The Bertz CT molecular complexity index is 1070. The second kappa shape index (κ2) is 7.15. The Labute approximate surface area is 165 Å². The van der Waals surface area contributed by atoms with Crippen molar-refractivity contribution in [3.05, 3.63) is 47.0 Å². The summed E-state index contributed by atoms with van der Waals surface area (Å²) in [6.07, 6.45) is 1.64. The number of fused-ring (bicyclic) bond motifs is 1. The molecule has 2 heterocycles. The van der Waals surface area contributed by atoms with E-state index in [0.29, 0.717) is 12.1 Å². The molecule has 158 valence electrons. The number of halogens is 3. The number of amides is 1. The molecule has 1 aliphatic rings. The summed E-state index contributed by atoms with van der Waals surface area (Å²) >= 11 is 0. The molecule has 29 heavy (non-hydrogen) atoms. The standard InChI is InChI=1S/C18H20F3N3O4S/c1-18(2,26)14-5-4-10-13(29(27,28)23-14)8-24(3)16(10)17(25)22-9-6-11(19)15(21)12(20)7-9/h6-8,14,23,26H,4-5H2,1-3H3,(H,22,25). The summed E-state index contributed by atoms with van der Waals surface area (Å²) in [5.41, 5.74) is -1.45. The molecule has 0 saturated carbocycles. The van der Waals surface area contributed by atoms with E-state index in [1.54, 1.807) is 0 Å². The minimum absolute atomic E-state index is 0.0214. The van der Waals surface area contributed by atoms with Gasteiger partial charge in [-0.1, -0.05) is 0 Å². The number of hydrogen-bond acceptors (Lipinski definition) is 4. The molecule has 1 amide bonds. The predicted octanol–water partition coefficient (Wildman–Crippen LogP) is 2.06. The fourth-order valence-corrected chi connectivity index (χ4v) is 5.06. The molecular weight excluding hydrogens is 411 g/mol. The molecule has 0 saturated heterocycles. The number of anilines is 1. The van der Waals surface area contributed by atoms with Crippen LogP contribution in [0, 0.1) is 17.5 Å². The van der Waals surface area contributed by atoms with E-state index in [9.17, 15) is 31.5 Å². The molecule has 3 rings (SSSR count). The lowest BCUT2D eigenvalue weighted by Gasteiger charge is -2.28. The fraction of sp³-hybridized carbons (Fsp3) is 0.389. The topological polar surface area (TPSA) is 100 Å². The third-order valence-corrected chi connectivity index (χ3v) is 6.35. The second-order valence-electron chi connectivity index (χ2n) is 7.51. The van der Waals surface area contributed by atoms with Crippen molar-refractivity contribution in [2.45, 2.75) is 43.2 Å². The van der Waals surface area contributed by atoms with E-state index in [4.69, 9.17) is 0 Å². The molecule has 0 radical (unpaired) electrons. The maximum Gasteiger partial charge on any atom is 0.272 e. The van der Waals surface area contributed by atoms with Gasteiger partial charge in [-0.2, -0.15) is 0 Å². The summed E-state index contributed by atoms with van der Waals surface area (Å²) < 4.78 is 69.1. The van der Waals surface area contributed by atoms with E-state index in [-0.39, 0.29) is 34.7 Å². The van der Waals surface area contributed by atoms with Crippen molar-refractivity contribution in [1.82, 2.24) is 9.29 Å². The van der Waals surface area contributed by atoms with Crippen LogP contribution in [0.2, 0.25) is 0 Å². The first kappa shape index (κ1) is 21.3. The molecule has 2 aromatic rings. The van der Waals surface area contributed by atoms with Crippen LogP contribution >= 0.6 is 0 Å². The summed E-state index contributed by atoms with van der Waals surface area (Å²) in [4.78, 5) is 12.6. The second-order valence-corrected chi connectivity index (χ2v) is 9.19. The number of benzene rings is 1. The van der Waals surface area contributed by atoms with Gasteiger partial charge >= 0.3 is 0 Å². The normalized spacial score (nSPS) is 18.8. The zero-order chi connectivity index (χ0) is 21.7. The first-order chi connectivity index (χ1) is 13.3. The first-order valence-corrected chi connectivity index (χ1v) is 10.2. The Morgan fingerprint density at radius 2 is 1.86 bits per heavy atom. The van der Waals surface area contributed by atoms with Crippen LogP contribution in [0.5, 0.6) is 0 Å². The minimum Gasteiger partial charge on any atom is -0.389 e. The lowest BCUT2D eigenvalue weighted by Crippen LogP contribution is -2.48. The van der Waals surface area contributed by atoms with Gasteiger partial charge in [0.15, 0.2) is 17.5 Å². The van der Waals surface area contributed by atoms with Crippen molar-refractivity contribution in [3.63, 3.8) is 0 Å². The lowest BCUT2D eigenvalue weighted by molar-refractivity contribution is 0.0434. The highest BCUT2D eigenvalue weighted by Crippen LogP contribution is 2.30. The van der Waals surface area contributed by atoms with Gasteiger partial charge in [0.2, 0.25) is 10.0 Å². The van der Waals surface area contributed by atoms with Gasteiger partial charge in [0.1, 0.15) is 10.6 Å². The molecule has 0 fully saturated rings. The van der Waals surface area contributed by atoms with E-state index in [1.807, 2.05) is 0 Å². The highest BCUT2D eigenvalue weighted by Gasteiger charge is 2.38. The quantitative estimate of drug-likeness (QED) is 0.648. The van der Waals surface area contributed by atoms with Gasteiger partial charge in [0, 0.05) is 36.6 Å². The summed E-state index contributed by atoms with van der Waals surface area (Å²) in [6, 6.07) is 0.475. The van der Waals surface area contributed by atoms with E-state index >= 15 is 0 Å². The Hall–Kier alpha value is -2.37. The lowest BCUT2D eigenvalue weighted by atomic mass is 9.93. The van der Waals surface area contributed by atoms with Crippen molar-refractivity contribution in [2.75, 3.05) is 5.32 Å². The number of hydrogen-bond donors (Lipinski definition) is 3. The SMILES string of the molecule is Cn1cc2c(c1C(=O)Nc1cc(F)c(F)c(F)c1)CCC(C(C)(C)O)NS2(=O)=O. The number of rotatable bonds is 3. The number of carbonyl (C=O) groups excluding carboxylic acids is 1. The van der Waals surface area contributed by atoms with Crippen LogP contribution in [0.1, 0.15) is 36.3 Å². The number of aryl methyl sites for hydroxylation is 1. The molecule has 0 bridgehead atoms. The number of aromatic nitrogens is 1. The maximum absolute atomic E-state index is 13.4. The minimum atomic E-state index is -4.02. The molecule has 1 unspecified atom stereocenters. The van der Waals surface area contributed by atoms with Gasteiger partial charge in [-0.05, 0) is 26.7 Å². The van der Waals surface area contributed by atoms with Crippen LogP contribution in [-0.4, -0.2) is 35.6 Å². The molecule has 3 N–H and O–H groups in total. The van der Waals surface area contributed by atoms with Crippen LogP contribution in [0.25, 0.3) is 0 Å². The maximum atomic E-state index is 13.4. The average molecular weight is 431 g/mol. The molecule has 7 nitrogen and oxygen atoms in total. The van der Waals surface area contributed by atoms with E-state index in [0.717, 1.165) is 0 Å². The number of aliphatic hydroxyl groups is 1. The van der Waals surface area contributed by atoms with Crippen LogP contribution < -0.4 is 10.0 Å². The Morgan fingerprint density at radius 3 is 2.41 bits per heavy atom. The van der Waals surface area contributed by atoms with Gasteiger partial charge < -0.3 is 15.0 Å². The van der Waals surface area contributed by atoms with Gasteiger partial charge in [0.05, 0.1) is 11.6 Å². The highest BCUT2D eigenvalue weighted by atomic mass is 32.2. The number of carbonyl (C=O) groups is 1. The van der Waals surface area contributed by atoms with Gasteiger partial charge in [-0.15, -0.1) is 0 Å². The molecule has 11 heteroatoms. The fourth-order valence-electron chi connectivity index (χ4n) is 3.33. The van der Waals surface area contributed by atoms with E-state index in [1.165, 1.54) is 31.7 Å². The van der Waals surface area contributed by atoms with Crippen molar-refractivity contribution in [1.29, 1.82) is 0 Å². The van der Waals surface area contributed by atoms with Crippen molar-refractivity contribution < 1.29 is 31.5 Å². The smallest absolute Gasteiger partial charge is 0.272 e. The molecular formula is C18H20F3N3O4S. The van der Waals surface area contributed by atoms with Crippen LogP contribution in [0.15, 0.2) is 23.2 Å². The number of nitrogens with zero attached hydrogens (tertiary/aromatic N) is 1. The Balaban J connectivity index is 1.99. The largest absolute Gasteiger partial charge is 0.389 e.